The number of piperidine rings is 1. The highest BCUT2D eigenvalue weighted by molar-refractivity contribution is 6.11. The quantitative estimate of drug-likeness (QED) is 0.688. The minimum Gasteiger partial charge on any atom is -0.494 e. The first kappa shape index (κ1) is 23.2. The summed E-state index contributed by atoms with van der Waals surface area (Å²) in [5, 5.41) is 2.89. The Balaban J connectivity index is 1.40. The third-order valence-electron chi connectivity index (χ3n) is 7.02. The molecule has 3 heterocycles. The van der Waals surface area contributed by atoms with Gasteiger partial charge >= 0.3 is 0 Å². The van der Waals surface area contributed by atoms with Crippen LogP contribution in [0.15, 0.2) is 42.5 Å². The number of hydrogen-bond donors (Lipinski definition) is 1. The van der Waals surface area contributed by atoms with Gasteiger partial charge in [-0.2, -0.15) is 0 Å². The molecule has 0 unspecified atom stereocenters. The molecule has 2 fully saturated rings. The summed E-state index contributed by atoms with van der Waals surface area (Å²) >= 11 is 0. The lowest BCUT2D eigenvalue weighted by atomic mass is 9.95. The third kappa shape index (κ3) is 4.70. The van der Waals surface area contributed by atoms with E-state index in [0.29, 0.717) is 23.5 Å². The van der Waals surface area contributed by atoms with Crippen LogP contribution in [0.2, 0.25) is 0 Å². The second-order valence-electron chi connectivity index (χ2n) is 9.34. The third-order valence-corrected chi connectivity index (χ3v) is 7.02. The Kier molecular flexibility index (Phi) is 6.61. The second kappa shape index (κ2) is 9.98. The number of fused-ring (bicyclic) bond motifs is 3. The number of likely N-dealkylation sites (tertiary alicyclic amines) is 1. The van der Waals surface area contributed by atoms with Crippen LogP contribution in [-0.4, -0.2) is 61.4 Å². The molecule has 5 rings (SSSR count). The summed E-state index contributed by atoms with van der Waals surface area (Å²) in [6.07, 6.45) is 4.81. The van der Waals surface area contributed by atoms with Crippen LogP contribution < -0.4 is 19.9 Å². The Morgan fingerprint density at radius 2 is 1.71 bits per heavy atom. The number of benzene rings is 2. The Morgan fingerprint density at radius 3 is 2.46 bits per heavy atom. The van der Waals surface area contributed by atoms with E-state index in [0.717, 1.165) is 63.2 Å². The van der Waals surface area contributed by atoms with E-state index in [1.807, 2.05) is 24.0 Å². The normalized spacial score (nSPS) is 19.3. The van der Waals surface area contributed by atoms with Gasteiger partial charge in [-0.3, -0.25) is 19.3 Å². The van der Waals surface area contributed by atoms with E-state index in [-0.39, 0.29) is 30.3 Å². The number of hydrogen-bond acceptors (Lipinski definition) is 5. The maximum absolute atomic E-state index is 13.6. The maximum Gasteiger partial charge on any atom is 0.253 e. The monoisotopic (exact) mass is 476 g/mol. The molecule has 0 aromatic heterocycles. The molecule has 8 heteroatoms. The molecule has 0 saturated carbocycles. The van der Waals surface area contributed by atoms with Crippen LogP contribution in [0.5, 0.6) is 5.75 Å². The van der Waals surface area contributed by atoms with Crippen molar-refractivity contribution in [3.8, 4) is 5.75 Å². The standard InChI is InChI=1S/C27H32N4O4/c1-2-35-21-11-9-20(10-12-21)28-25(32)18-31-24-17-19(26(33)29-14-5-6-15-29)8-13-22(24)30-16-4-3-7-23(30)27(31)34/h8-13,17,23H,2-7,14-16,18H2,1H3,(H,28,32)/t23-/m1/s1. The minimum atomic E-state index is -0.283. The number of amides is 3. The van der Waals surface area contributed by atoms with Crippen LogP contribution in [0.4, 0.5) is 17.1 Å². The highest BCUT2D eigenvalue weighted by Crippen LogP contribution is 2.40. The molecular formula is C27H32N4O4. The maximum atomic E-state index is 13.6. The minimum absolute atomic E-state index is 0.0164. The molecule has 35 heavy (non-hydrogen) atoms. The van der Waals surface area contributed by atoms with Crippen molar-refractivity contribution >= 4 is 34.8 Å². The average molecular weight is 477 g/mol. The predicted molar refractivity (Wildman–Crippen MR) is 135 cm³/mol. The van der Waals surface area contributed by atoms with Gasteiger partial charge in [0.1, 0.15) is 18.3 Å². The van der Waals surface area contributed by atoms with Crippen molar-refractivity contribution in [1.82, 2.24) is 4.90 Å². The summed E-state index contributed by atoms with van der Waals surface area (Å²) in [7, 11) is 0. The van der Waals surface area contributed by atoms with Gasteiger partial charge in [0.15, 0.2) is 0 Å². The molecule has 1 atom stereocenters. The van der Waals surface area contributed by atoms with Crippen molar-refractivity contribution in [2.24, 2.45) is 0 Å². The number of nitrogens with zero attached hydrogens (tertiary/aromatic N) is 3. The van der Waals surface area contributed by atoms with Crippen LogP contribution in [0, 0.1) is 0 Å². The highest BCUT2D eigenvalue weighted by Gasteiger charge is 2.40. The predicted octanol–water partition coefficient (Wildman–Crippen LogP) is 3.67. The second-order valence-corrected chi connectivity index (χ2v) is 9.34. The Morgan fingerprint density at radius 1 is 0.971 bits per heavy atom. The molecule has 3 aliphatic rings. The van der Waals surface area contributed by atoms with Crippen molar-refractivity contribution < 1.29 is 19.1 Å². The lowest BCUT2D eigenvalue weighted by Gasteiger charge is -2.45. The molecule has 1 N–H and O–H groups in total. The van der Waals surface area contributed by atoms with Gasteiger partial charge < -0.3 is 19.9 Å². The Bertz CT molecular complexity index is 1110. The fourth-order valence-electron chi connectivity index (χ4n) is 5.30. The van der Waals surface area contributed by atoms with E-state index in [1.54, 1.807) is 35.2 Å². The van der Waals surface area contributed by atoms with Gasteiger partial charge in [0.25, 0.3) is 5.91 Å². The molecule has 0 bridgehead atoms. The summed E-state index contributed by atoms with van der Waals surface area (Å²) in [5.74, 6) is 0.356. The molecule has 184 valence electrons. The first-order chi connectivity index (χ1) is 17.0. The van der Waals surface area contributed by atoms with Crippen LogP contribution in [0.1, 0.15) is 49.4 Å². The summed E-state index contributed by atoms with van der Waals surface area (Å²) in [5.41, 5.74) is 2.76. The SMILES string of the molecule is CCOc1ccc(NC(=O)CN2C(=O)[C@H]3CCCCN3c3ccc(C(=O)N4CCCC4)cc32)cc1. The molecule has 0 aliphatic carbocycles. The topological polar surface area (TPSA) is 82.2 Å². The molecule has 2 aromatic rings. The van der Waals surface area contributed by atoms with E-state index >= 15 is 0 Å². The summed E-state index contributed by atoms with van der Waals surface area (Å²) in [6.45, 7) is 4.71. The molecule has 2 aromatic carbocycles. The van der Waals surface area contributed by atoms with Gasteiger partial charge in [0, 0.05) is 30.9 Å². The average Bonchev–Trinajstić information content (AvgIpc) is 3.42. The number of carbonyl (C=O) groups is 3. The highest BCUT2D eigenvalue weighted by atomic mass is 16.5. The van der Waals surface area contributed by atoms with Crippen LogP contribution in [-0.2, 0) is 9.59 Å². The van der Waals surface area contributed by atoms with E-state index in [4.69, 9.17) is 4.74 Å². The number of carbonyl (C=O) groups excluding carboxylic acids is 3. The first-order valence-corrected chi connectivity index (χ1v) is 12.6. The zero-order valence-electron chi connectivity index (χ0n) is 20.2. The van der Waals surface area contributed by atoms with Gasteiger partial charge in [0.2, 0.25) is 11.8 Å². The fraction of sp³-hybridized carbons (Fsp3) is 0.444. The molecular weight excluding hydrogens is 444 g/mol. The largest absolute Gasteiger partial charge is 0.494 e. The van der Waals surface area contributed by atoms with Crippen molar-refractivity contribution in [1.29, 1.82) is 0 Å². The number of ether oxygens (including phenoxy) is 1. The van der Waals surface area contributed by atoms with E-state index in [1.165, 1.54) is 0 Å². The van der Waals surface area contributed by atoms with Gasteiger partial charge in [-0.1, -0.05) is 0 Å². The van der Waals surface area contributed by atoms with Gasteiger partial charge in [-0.15, -0.1) is 0 Å². The van der Waals surface area contributed by atoms with Crippen molar-refractivity contribution in [3.05, 3.63) is 48.0 Å². The zero-order valence-corrected chi connectivity index (χ0v) is 20.2. The molecule has 3 aliphatic heterocycles. The van der Waals surface area contributed by atoms with Crippen molar-refractivity contribution in [3.63, 3.8) is 0 Å². The lowest BCUT2D eigenvalue weighted by molar-refractivity contribution is -0.123. The summed E-state index contributed by atoms with van der Waals surface area (Å²) in [6, 6.07) is 12.5. The van der Waals surface area contributed by atoms with Gasteiger partial charge in [-0.05, 0) is 81.5 Å². The van der Waals surface area contributed by atoms with Crippen LogP contribution >= 0.6 is 0 Å². The molecule has 8 nitrogen and oxygen atoms in total. The smallest absolute Gasteiger partial charge is 0.253 e. The van der Waals surface area contributed by atoms with Crippen molar-refractivity contribution in [2.75, 3.05) is 47.9 Å². The van der Waals surface area contributed by atoms with E-state index in [2.05, 4.69) is 10.2 Å². The fourth-order valence-corrected chi connectivity index (χ4v) is 5.30. The number of anilines is 3. The summed E-state index contributed by atoms with van der Waals surface area (Å²) in [4.78, 5) is 45.2. The Hall–Kier alpha value is -3.55. The molecule has 3 amide bonds. The van der Waals surface area contributed by atoms with Crippen LogP contribution in [0.3, 0.4) is 0 Å². The Labute approximate surface area is 205 Å². The number of nitrogens with one attached hydrogen (secondary N) is 1. The lowest BCUT2D eigenvalue weighted by Crippen LogP contribution is -2.56. The summed E-state index contributed by atoms with van der Waals surface area (Å²) < 4.78 is 5.46. The molecule has 2 saturated heterocycles. The van der Waals surface area contributed by atoms with E-state index < -0.39 is 0 Å². The first-order valence-electron chi connectivity index (χ1n) is 12.6. The zero-order chi connectivity index (χ0) is 24.4. The van der Waals surface area contributed by atoms with Crippen LogP contribution in [0.25, 0.3) is 0 Å². The number of rotatable bonds is 6. The van der Waals surface area contributed by atoms with E-state index in [9.17, 15) is 14.4 Å². The van der Waals surface area contributed by atoms with Gasteiger partial charge in [0.05, 0.1) is 18.0 Å². The van der Waals surface area contributed by atoms with Crippen molar-refractivity contribution in [2.45, 2.75) is 45.1 Å². The molecule has 0 spiro atoms. The van der Waals surface area contributed by atoms with Gasteiger partial charge in [-0.25, -0.2) is 0 Å². The molecule has 0 radical (unpaired) electrons.